The number of aliphatic hydroxyl groups excluding tert-OH is 1. The van der Waals surface area contributed by atoms with Crippen LogP contribution < -0.4 is 0 Å². The topological polar surface area (TPSA) is 40.5 Å². The Morgan fingerprint density at radius 1 is 1.40 bits per heavy atom. The van der Waals surface area contributed by atoms with E-state index in [0.717, 1.165) is 6.42 Å². The Hall–Kier alpha value is -0.0800. The highest BCUT2D eigenvalue weighted by Gasteiger charge is 2.13. The highest BCUT2D eigenvalue weighted by molar-refractivity contribution is 4.67. The largest absolute Gasteiger partial charge is 0.393 e. The fraction of sp³-hybridized carbons (Fsp3) is 1.00. The molecule has 0 aliphatic rings. The van der Waals surface area contributed by atoms with Gasteiger partial charge in [-0.15, -0.1) is 0 Å². The Bertz CT molecular complexity index is 83.7. The number of hydrogen-bond acceptors (Lipinski definition) is 2. The van der Waals surface area contributed by atoms with Crippen molar-refractivity contribution in [3.05, 3.63) is 0 Å². The van der Waals surface area contributed by atoms with Gasteiger partial charge in [-0.05, 0) is 33.1 Å². The van der Waals surface area contributed by atoms with Crippen LogP contribution in [-0.2, 0) is 0 Å². The Balaban J connectivity index is 3.36. The van der Waals surface area contributed by atoms with Crippen LogP contribution in [0.1, 0.15) is 40.0 Å². The predicted octanol–water partition coefficient (Wildman–Crippen LogP) is 1.31. The third kappa shape index (κ3) is 6.05. The smallest absolute Gasteiger partial charge is 0.0592 e. The Morgan fingerprint density at radius 3 is 2.20 bits per heavy atom. The number of rotatable bonds is 4. The molecule has 2 N–H and O–H groups in total. The van der Waals surface area contributed by atoms with Crippen molar-refractivity contribution in [2.75, 3.05) is 0 Å². The maximum absolute atomic E-state index is 9.25. The van der Waals surface area contributed by atoms with E-state index in [9.17, 15) is 5.11 Å². The van der Waals surface area contributed by atoms with Gasteiger partial charge in [0.25, 0.3) is 0 Å². The van der Waals surface area contributed by atoms with Crippen molar-refractivity contribution < 1.29 is 10.2 Å². The SMILES string of the molecule is CCC(O)CCC(C)(C)O. The molecule has 0 bridgehead atoms. The van der Waals surface area contributed by atoms with Gasteiger partial charge in [0.1, 0.15) is 0 Å². The van der Waals surface area contributed by atoms with Gasteiger partial charge in [-0.25, -0.2) is 0 Å². The van der Waals surface area contributed by atoms with Crippen molar-refractivity contribution in [1.82, 2.24) is 0 Å². The van der Waals surface area contributed by atoms with E-state index in [0.29, 0.717) is 12.8 Å². The zero-order valence-electron chi connectivity index (χ0n) is 7.09. The normalized spacial score (nSPS) is 15.3. The molecule has 0 aromatic carbocycles. The van der Waals surface area contributed by atoms with Gasteiger partial charge in [0.05, 0.1) is 11.7 Å². The summed E-state index contributed by atoms with van der Waals surface area (Å²) in [5.41, 5.74) is -0.629. The van der Waals surface area contributed by atoms with E-state index in [-0.39, 0.29) is 6.10 Å². The average molecular weight is 146 g/mol. The summed E-state index contributed by atoms with van der Waals surface area (Å²) in [7, 11) is 0. The molecular formula is C8H18O2. The summed E-state index contributed by atoms with van der Waals surface area (Å²) in [5.74, 6) is 0. The fourth-order valence-corrected chi connectivity index (χ4v) is 0.724. The molecule has 2 heteroatoms. The molecule has 1 atom stereocenters. The summed E-state index contributed by atoms with van der Waals surface area (Å²) < 4.78 is 0. The van der Waals surface area contributed by atoms with Crippen LogP contribution in [0.3, 0.4) is 0 Å². The second-order valence-corrected chi connectivity index (χ2v) is 3.41. The predicted molar refractivity (Wildman–Crippen MR) is 41.8 cm³/mol. The van der Waals surface area contributed by atoms with E-state index in [4.69, 9.17) is 5.11 Å². The zero-order valence-corrected chi connectivity index (χ0v) is 7.09. The molecule has 0 fully saturated rings. The van der Waals surface area contributed by atoms with Gasteiger partial charge in [0, 0.05) is 0 Å². The Kier molecular flexibility index (Phi) is 3.91. The lowest BCUT2D eigenvalue weighted by atomic mass is 10.00. The summed E-state index contributed by atoms with van der Waals surface area (Å²) in [4.78, 5) is 0. The highest BCUT2D eigenvalue weighted by Crippen LogP contribution is 2.12. The van der Waals surface area contributed by atoms with Crippen LogP contribution in [0.4, 0.5) is 0 Å². The van der Waals surface area contributed by atoms with Crippen LogP contribution in [0.25, 0.3) is 0 Å². The van der Waals surface area contributed by atoms with Crippen LogP contribution >= 0.6 is 0 Å². The monoisotopic (exact) mass is 146 g/mol. The summed E-state index contributed by atoms with van der Waals surface area (Å²) >= 11 is 0. The van der Waals surface area contributed by atoms with Gasteiger partial charge in [0.15, 0.2) is 0 Å². The maximum atomic E-state index is 9.25. The van der Waals surface area contributed by atoms with Crippen LogP contribution in [-0.4, -0.2) is 21.9 Å². The van der Waals surface area contributed by atoms with E-state index >= 15 is 0 Å². The van der Waals surface area contributed by atoms with Gasteiger partial charge in [0.2, 0.25) is 0 Å². The maximum Gasteiger partial charge on any atom is 0.0592 e. The average Bonchev–Trinajstić information content (AvgIpc) is 1.81. The fourth-order valence-electron chi connectivity index (χ4n) is 0.724. The Morgan fingerprint density at radius 2 is 1.90 bits per heavy atom. The second kappa shape index (κ2) is 3.94. The zero-order chi connectivity index (χ0) is 8.20. The summed E-state index contributed by atoms with van der Waals surface area (Å²) in [6.07, 6.45) is 1.89. The van der Waals surface area contributed by atoms with E-state index in [2.05, 4.69) is 0 Å². The quantitative estimate of drug-likeness (QED) is 0.627. The van der Waals surface area contributed by atoms with Crippen LogP contribution in [0.2, 0.25) is 0 Å². The molecule has 2 nitrogen and oxygen atoms in total. The lowest BCUT2D eigenvalue weighted by Crippen LogP contribution is -2.21. The summed E-state index contributed by atoms with van der Waals surface area (Å²) in [6.45, 7) is 5.46. The van der Waals surface area contributed by atoms with Crippen molar-refractivity contribution in [3.8, 4) is 0 Å². The van der Waals surface area contributed by atoms with Crippen molar-refractivity contribution in [3.63, 3.8) is 0 Å². The molecule has 0 aromatic heterocycles. The van der Waals surface area contributed by atoms with Gasteiger partial charge in [-0.2, -0.15) is 0 Å². The molecule has 10 heavy (non-hydrogen) atoms. The first-order chi connectivity index (χ1) is 4.45. The van der Waals surface area contributed by atoms with E-state index in [1.165, 1.54) is 0 Å². The molecule has 0 radical (unpaired) electrons. The van der Waals surface area contributed by atoms with Crippen molar-refractivity contribution >= 4 is 0 Å². The van der Waals surface area contributed by atoms with Gasteiger partial charge < -0.3 is 10.2 Å². The van der Waals surface area contributed by atoms with E-state index in [1.54, 1.807) is 13.8 Å². The molecule has 1 unspecified atom stereocenters. The van der Waals surface area contributed by atoms with Crippen molar-refractivity contribution in [2.45, 2.75) is 51.7 Å². The third-order valence-electron chi connectivity index (χ3n) is 1.56. The molecule has 0 saturated heterocycles. The minimum atomic E-state index is -0.629. The van der Waals surface area contributed by atoms with E-state index < -0.39 is 5.60 Å². The molecule has 0 aliphatic carbocycles. The second-order valence-electron chi connectivity index (χ2n) is 3.41. The first-order valence-corrected chi connectivity index (χ1v) is 3.86. The van der Waals surface area contributed by atoms with Crippen LogP contribution in [0.5, 0.6) is 0 Å². The molecule has 0 spiro atoms. The molecular weight excluding hydrogens is 128 g/mol. The molecule has 0 aliphatic heterocycles. The molecule has 0 saturated carbocycles. The van der Waals surface area contributed by atoms with Crippen molar-refractivity contribution in [1.29, 1.82) is 0 Å². The molecule has 62 valence electrons. The van der Waals surface area contributed by atoms with Gasteiger partial charge in [-0.3, -0.25) is 0 Å². The van der Waals surface area contributed by atoms with Gasteiger partial charge >= 0.3 is 0 Å². The Labute approximate surface area is 62.9 Å². The molecule has 0 aromatic rings. The minimum Gasteiger partial charge on any atom is -0.393 e. The molecule has 0 amide bonds. The van der Waals surface area contributed by atoms with Crippen molar-refractivity contribution in [2.24, 2.45) is 0 Å². The van der Waals surface area contributed by atoms with Crippen LogP contribution in [0.15, 0.2) is 0 Å². The van der Waals surface area contributed by atoms with E-state index in [1.807, 2.05) is 6.92 Å². The minimum absolute atomic E-state index is 0.244. The highest BCUT2D eigenvalue weighted by atomic mass is 16.3. The third-order valence-corrected chi connectivity index (χ3v) is 1.56. The lowest BCUT2D eigenvalue weighted by molar-refractivity contribution is 0.0480. The summed E-state index contributed by atoms with van der Waals surface area (Å²) in [5, 5.41) is 18.4. The van der Waals surface area contributed by atoms with Crippen LogP contribution in [0, 0.1) is 0 Å². The lowest BCUT2D eigenvalue weighted by Gasteiger charge is -2.18. The number of hydrogen-bond donors (Lipinski definition) is 2. The summed E-state index contributed by atoms with van der Waals surface area (Å²) in [6, 6.07) is 0. The molecule has 0 heterocycles. The first-order valence-electron chi connectivity index (χ1n) is 3.86. The first kappa shape index (κ1) is 9.92. The number of aliphatic hydroxyl groups is 2. The van der Waals surface area contributed by atoms with Gasteiger partial charge in [-0.1, -0.05) is 6.92 Å². The standard InChI is InChI=1S/C8H18O2/c1-4-7(9)5-6-8(2,3)10/h7,9-10H,4-6H2,1-3H3. The molecule has 0 rings (SSSR count).